The highest BCUT2D eigenvalue weighted by Crippen LogP contribution is 2.64. The van der Waals surface area contributed by atoms with Crippen molar-refractivity contribution >= 4 is 34.2 Å². The minimum atomic E-state index is -1.22. The number of hydrogen-bond donors (Lipinski definition) is 1. The van der Waals surface area contributed by atoms with Gasteiger partial charge in [-0.3, -0.25) is 14.4 Å². The maximum absolute atomic E-state index is 14.8. The first-order valence-electron chi connectivity index (χ1n) is 15.0. The van der Waals surface area contributed by atoms with Crippen molar-refractivity contribution in [3.8, 4) is 0 Å². The molecule has 3 saturated heterocycles. The zero-order valence-electron chi connectivity index (χ0n) is 24.8. The molecule has 3 heterocycles. The number of hydrogen-bond acceptors (Lipinski definition) is 6. The Morgan fingerprint density at radius 1 is 1.17 bits per heavy atom. The Labute approximate surface area is 248 Å². The number of carbonyl (C=O) groups excluding carboxylic acids is 3. The Hall–Kier alpha value is -3.49. The number of ether oxygens (including phenoxy) is 2. The van der Waals surface area contributed by atoms with E-state index in [2.05, 4.69) is 13.2 Å². The van der Waals surface area contributed by atoms with Crippen molar-refractivity contribution in [3.05, 3.63) is 67.8 Å². The Bertz CT molecular complexity index is 1390. The van der Waals surface area contributed by atoms with Gasteiger partial charge in [0.2, 0.25) is 5.91 Å². The average Bonchev–Trinajstić information content (AvgIpc) is 3.54. The lowest BCUT2D eigenvalue weighted by atomic mass is 9.66. The van der Waals surface area contributed by atoms with Gasteiger partial charge in [0.25, 0.3) is 5.91 Å². The van der Waals surface area contributed by atoms with E-state index in [0.717, 1.165) is 10.8 Å². The van der Waals surface area contributed by atoms with Crippen LogP contribution in [0.3, 0.4) is 0 Å². The summed E-state index contributed by atoms with van der Waals surface area (Å²) in [6, 6.07) is 12.1. The third-order valence-corrected chi connectivity index (χ3v) is 9.44. The molecule has 0 aromatic heterocycles. The molecule has 0 radical (unpaired) electrons. The number of benzene rings is 2. The van der Waals surface area contributed by atoms with Gasteiger partial charge in [-0.25, -0.2) is 0 Å². The monoisotopic (exact) mass is 574 g/mol. The average molecular weight is 575 g/mol. The summed E-state index contributed by atoms with van der Waals surface area (Å²) in [5.41, 5.74) is -1.47. The number of fused-ring (bicyclic) bond motifs is 2. The van der Waals surface area contributed by atoms with Gasteiger partial charge in [0.1, 0.15) is 17.6 Å². The summed E-state index contributed by atoms with van der Waals surface area (Å²) in [5, 5.41) is 12.5. The molecule has 8 nitrogen and oxygen atoms in total. The molecule has 3 aliphatic rings. The van der Waals surface area contributed by atoms with Crippen LogP contribution in [-0.4, -0.2) is 70.8 Å². The van der Waals surface area contributed by atoms with Crippen LogP contribution in [0.2, 0.25) is 0 Å². The maximum atomic E-state index is 14.8. The van der Waals surface area contributed by atoms with Crippen molar-refractivity contribution in [2.75, 3.05) is 24.7 Å². The van der Waals surface area contributed by atoms with Gasteiger partial charge in [-0.2, -0.15) is 0 Å². The summed E-state index contributed by atoms with van der Waals surface area (Å²) in [5.74, 6) is -3.00. The number of aliphatic hydroxyl groups excluding tert-OH is 1. The van der Waals surface area contributed by atoms with Crippen LogP contribution in [-0.2, 0) is 23.9 Å². The van der Waals surface area contributed by atoms with Gasteiger partial charge < -0.3 is 24.4 Å². The van der Waals surface area contributed by atoms with Gasteiger partial charge in [-0.15, -0.1) is 13.2 Å². The third-order valence-electron chi connectivity index (χ3n) is 9.44. The number of carbonyl (C=O) groups is 3. The van der Waals surface area contributed by atoms with Crippen LogP contribution in [0, 0.1) is 17.8 Å². The number of rotatable bonds is 12. The number of nitrogens with zero attached hydrogens (tertiary/aromatic N) is 2. The molecule has 224 valence electrons. The lowest BCUT2D eigenvalue weighted by molar-refractivity contribution is -0.161. The molecule has 2 amide bonds. The van der Waals surface area contributed by atoms with Crippen LogP contribution in [0.4, 0.5) is 5.69 Å². The summed E-state index contributed by atoms with van der Waals surface area (Å²) < 4.78 is 12.4. The highest BCUT2D eigenvalue weighted by Gasteiger charge is 2.79. The predicted octanol–water partition coefficient (Wildman–Crippen LogP) is 4.65. The summed E-state index contributed by atoms with van der Waals surface area (Å²) in [7, 11) is 0. The van der Waals surface area contributed by atoms with E-state index in [1.165, 1.54) is 4.90 Å². The predicted molar refractivity (Wildman–Crippen MR) is 162 cm³/mol. The molecule has 0 saturated carbocycles. The minimum absolute atomic E-state index is 0.143. The Morgan fingerprint density at radius 3 is 2.57 bits per heavy atom. The molecule has 2 aromatic carbocycles. The zero-order valence-corrected chi connectivity index (χ0v) is 24.8. The van der Waals surface area contributed by atoms with E-state index in [1.807, 2.05) is 63.2 Å². The Morgan fingerprint density at radius 2 is 1.90 bits per heavy atom. The number of esters is 1. The zero-order chi connectivity index (χ0) is 30.2. The summed E-state index contributed by atoms with van der Waals surface area (Å²) in [4.78, 5) is 46.0. The number of aliphatic hydroxyl groups is 1. The van der Waals surface area contributed by atoms with Crippen LogP contribution >= 0.6 is 0 Å². The van der Waals surface area contributed by atoms with Gasteiger partial charge >= 0.3 is 5.97 Å². The first kappa shape index (κ1) is 30.0. The molecule has 1 N–H and O–H groups in total. The molecule has 2 bridgehead atoms. The van der Waals surface area contributed by atoms with E-state index in [1.54, 1.807) is 17.1 Å². The smallest absolute Gasteiger partial charge is 0.312 e. The van der Waals surface area contributed by atoms with Gasteiger partial charge in [-0.05, 0) is 61.4 Å². The molecule has 3 aliphatic heterocycles. The quantitative estimate of drug-likeness (QED) is 0.225. The molecular weight excluding hydrogens is 532 g/mol. The highest BCUT2D eigenvalue weighted by atomic mass is 16.6. The number of allylic oxidation sites excluding steroid dienone is 1. The molecule has 1 spiro atoms. The Kier molecular flexibility index (Phi) is 8.32. The second-order valence-corrected chi connectivity index (χ2v) is 12.3. The van der Waals surface area contributed by atoms with Crippen molar-refractivity contribution in [3.63, 3.8) is 0 Å². The molecule has 6 atom stereocenters. The van der Waals surface area contributed by atoms with Gasteiger partial charge in [0, 0.05) is 12.2 Å². The summed E-state index contributed by atoms with van der Waals surface area (Å²) >= 11 is 0. The fraction of sp³-hybridized carbons (Fsp3) is 0.500. The van der Waals surface area contributed by atoms with Gasteiger partial charge in [0.15, 0.2) is 0 Å². The molecule has 3 fully saturated rings. The standard InChI is InChI=1S/C34H42N2O6/c1-6-8-11-19-41-32(40)28-27-30(38)36(26(21-37)22(3)4)29(34(27)17-16-33(28,5)42-34)31(39)35(18-7-2)25-15-14-23-12-9-10-13-24(23)20-25/h6-7,9-10,12-15,20,22,26-29,37H,1-2,8,11,16-19,21H2,3-5H3/t26-,27-,28-,29?,33+,34?/m0/s1. The molecular formula is C34H42N2O6. The van der Waals surface area contributed by atoms with E-state index >= 15 is 0 Å². The van der Waals surface area contributed by atoms with Crippen LogP contribution < -0.4 is 4.90 Å². The van der Waals surface area contributed by atoms with Gasteiger partial charge in [-0.1, -0.05) is 56.3 Å². The van der Waals surface area contributed by atoms with Crippen LogP contribution in [0.1, 0.15) is 46.5 Å². The summed E-state index contributed by atoms with van der Waals surface area (Å²) in [6.07, 6.45) is 5.74. The third kappa shape index (κ3) is 4.74. The van der Waals surface area contributed by atoms with Crippen molar-refractivity contribution in [1.82, 2.24) is 4.90 Å². The van der Waals surface area contributed by atoms with Crippen LogP contribution in [0.5, 0.6) is 0 Å². The molecule has 42 heavy (non-hydrogen) atoms. The van der Waals surface area contributed by atoms with Crippen LogP contribution in [0.25, 0.3) is 10.8 Å². The fourth-order valence-corrected chi connectivity index (χ4v) is 7.41. The van der Waals surface area contributed by atoms with Crippen molar-refractivity contribution < 1.29 is 29.0 Å². The number of anilines is 1. The van der Waals surface area contributed by atoms with E-state index in [-0.39, 0.29) is 37.5 Å². The number of amides is 2. The van der Waals surface area contributed by atoms with Gasteiger partial charge in [0.05, 0.1) is 30.8 Å². The van der Waals surface area contributed by atoms with E-state index in [9.17, 15) is 19.5 Å². The summed E-state index contributed by atoms with van der Waals surface area (Å²) in [6.45, 7) is 13.4. The number of unbranched alkanes of at least 4 members (excludes halogenated alkanes) is 1. The van der Waals surface area contributed by atoms with Crippen LogP contribution in [0.15, 0.2) is 67.8 Å². The first-order chi connectivity index (χ1) is 20.1. The molecule has 0 aliphatic carbocycles. The molecule has 8 heteroatoms. The SMILES string of the molecule is C=CCCCOC(=O)[C@@H]1[C@H]2C(=O)N([C@@H](CO)C(C)C)C(C(=O)N(CC=C)c3ccc4ccccc4c3)C23CC[C@@]1(C)O3. The first-order valence-corrected chi connectivity index (χ1v) is 15.0. The fourth-order valence-electron chi connectivity index (χ4n) is 7.41. The van der Waals surface area contributed by atoms with Crippen molar-refractivity contribution in [2.24, 2.45) is 17.8 Å². The second kappa shape index (κ2) is 11.7. The van der Waals surface area contributed by atoms with Crippen molar-refractivity contribution in [2.45, 2.75) is 69.7 Å². The number of likely N-dealkylation sites (tertiary alicyclic amines) is 1. The second-order valence-electron chi connectivity index (χ2n) is 12.3. The normalized spacial score (nSPS) is 28.6. The van der Waals surface area contributed by atoms with E-state index in [0.29, 0.717) is 31.4 Å². The topological polar surface area (TPSA) is 96.4 Å². The molecule has 2 aromatic rings. The largest absolute Gasteiger partial charge is 0.465 e. The van der Waals surface area contributed by atoms with E-state index < -0.39 is 41.1 Å². The minimum Gasteiger partial charge on any atom is -0.465 e. The molecule has 5 rings (SSSR count). The van der Waals surface area contributed by atoms with E-state index in [4.69, 9.17) is 9.47 Å². The Balaban J connectivity index is 1.58. The lowest BCUT2D eigenvalue weighted by Crippen LogP contribution is -2.60. The highest BCUT2D eigenvalue weighted by molar-refractivity contribution is 6.05. The van der Waals surface area contributed by atoms with Crippen molar-refractivity contribution in [1.29, 1.82) is 0 Å². The maximum Gasteiger partial charge on any atom is 0.312 e. The molecule has 2 unspecified atom stereocenters. The lowest BCUT2D eigenvalue weighted by Gasteiger charge is -2.40.